The molecule has 1 heterocycles. The maximum atomic E-state index is 12.6. The number of hydrogen-bond donors (Lipinski definition) is 1. The molecule has 0 unspecified atom stereocenters. The molecule has 0 atom stereocenters. The minimum Gasteiger partial charge on any atom is -0.491 e. The van der Waals surface area contributed by atoms with E-state index in [-0.39, 0.29) is 6.10 Å². The van der Waals surface area contributed by atoms with Gasteiger partial charge in [0, 0.05) is 22.7 Å². The second-order valence-electron chi connectivity index (χ2n) is 7.27. The number of carbonyl (C=O) groups is 1. The molecule has 0 aliphatic heterocycles. The Morgan fingerprint density at radius 1 is 1.00 bits per heavy atom. The van der Waals surface area contributed by atoms with Crippen molar-refractivity contribution in [1.29, 1.82) is 0 Å². The molecule has 0 saturated heterocycles. The fraction of sp³-hybridized carbons (Fsp3) is 0.200. The van der Waals surface area contributed by atoms with Crippen LogP contribution in [-0.4, -0.2) is 23.7 Å². The third-order valence-electron chi connectivity index (χ3n) is 4.75. The Kier molecular flexibility index (Phi) is 5.53. The van der Waals surface area contributed by atoms with Crippen LogP contribution in [0, 0.1) is 0 Å². The number of benzene rings is 3. The van der Waals surface area contributed by atoms with Crippen molar-refractivity contribution >= 4 is 39.0 Å². The first-order chi connectivity index (χ1) is 14.6. The van der Waals surface area contributed by atoms with E-state index >= 15 is 0 Å². The van der Waals surface area contributed by atoms with Gasteiger partial charge in [0.1, 0.15) is 11.3 Å². The van der Waals surface area contributed by atoms with Crippen LogP contribution in [0.15, 0.2) is 66.9 Å². The van der Waals surface area contributed by atoms with Gasteiger partial charge < -0.3 is 14.8 Å². The highest BCUT2D eigenvalue weighted by Gasteiger charge is 2.18. The van der Waals surface area contributed by atoms with Crippen LogP contribution in [0.3, 0.4) is 0 Å². The van der Waals surface area contributed by atoms with Crippen LogP contribution in [0.5, 0.6) is 5.75 Å². The monoisotopic (exact) mass is 400 g/mol. The van der Waals surface area contributed by atoms with Crippen LogP contribution >= 0.6 is 0 Å². The largest absolute Gasteiger partial charge is 0.491 e. The molecule has 0 spiro atoms. The predicted molar refractivity (Wildman–Crippen MR) is 121 cm³/mol. The number of hydrogen-bond acceptors (Lipinski definition) is 5. The van der Waals surface area contributed by atoms with Crippen molar-refractivity contribution in [3.05, 3.63) is 72.4 Å². The van der Waals surface area contributed by atoms with Crippen LogP contribution < -0.4 is 10.1 Å². The van der Waals surface area contributed by atoms with Gasteiger partial charge in [0.25, 0.3) is 0 Å². The number of nitrogens with zero attached hydrogens (tertiary/aromatic N) is 1. The van der Waals surface area contributed by atoms with Gasteiger partial charge in [-0.05, 0) is 50.4 Å². The number of nitrogens with one attached hydrogen (secondary N) is 1. The van der Waals surface area contributed by atoms with Gasteiger partial charge in [0.2, 0.25) is 0 Å². The molecule has 4 rings (SSSR count). The van der Waals surface area contributed by atoms with Crippen LogP contribution in [0.1, 0.15) is 31.1 Å². The van der Waals surface area contributed by atoms with Crippen molar-refractivity contribution in [3.63, 3.8) is 0 Å². The Morgan fingerprint density at radius 2 is 1.77 bits per heavy atom. The summed E-state index contributed by atoms with van der Waals surface area (Å²) in [7, 11) is 0. The number of fused-ring (bicyclic) bond motifs is 3. The summed E-state index contributed by atoms with van der Waals surface area (Å²) in [5, 5.41) is 6.40. The van der Waals surface area contributed by atoms with E-state index in [1.807, 2.05) is 68.4 Å². The van der Waals surface area contributed by atoms with Crippen LogP contribution in [0.25, 0.3) is 21.7 Å². The van der Waals surface area contributed by atoms with Crippen LogP contribution in [0.2, 0.25) is 0 Å². The number of pyridine rings is 1. The first-order valence-electron chi connectivity index (χ1n) is 10.1. The third kappa shape index (κ3) is 3.92. The van der Waals surface area contributed by atoms with E-state index in [1.165, 1.54) is 0 Å². The minimum absolute atomic E-state index is 0.108. The summed E-state index contributed by atoms with van der Waals surface area (Å²) in [6.45, 7) is 6.08. The molecule has 3 aromatic carbocycles. The van der Waals surface area contributed by atoms with E-state index in [2.05, 4.69) is 16.4 Å². The van der Waals surface area contributed by atoms with E-state index in [4.69, 9.17) is 9.47 Å². The molecule has 1 N–H and O–H groups in total. The Morgan fingerprint density at radius 3 is 2.50 bits per heavy atom. The first-order valence-corrected chi connectivity index (χ1v) is 10.1. The zero-order chi connectivity index (χ0) is 21.1. The molecular formula is C25H24N2O3. The molecule has 152 valence electrons. The van der Waals surface area contributed by atoms with Gasteiger partial charge in [-0.25, -0.2) is 4.79 Å². The molecule has 0 amide bonds. The lowest BCUT2D eigenvalue weighted by Crippen LogP contribution is -2.09. The fourth-order valence-corrected chi connectivity index (χ4v) is 3.47. The van der Waals surface area contributed by atoms with Crippen molar-refractivity contribution in [2.24, 2.45) is 0 Å². The molecule has 0 saturated carbocycles. The van der Waals surface area contributed by atoms with Crippen LogP contribution in [0.4, 0.5) is 11.4 Å². The topological polar surface area (TPSA) is 60.5 Å². The SMILES string of the molecule is CCOC(=O)c1cnc2c(ccc3ccccc32)c1Nc1ccc(OC(C)C)cc1. The maximum Gasteiger partial charge on any atom is 0.341 e. The molecule has 4 aromatic rings. The molecule has 5 nitrogen and oxygen atoms in total. The summed E-state index contributed by atoms with van der Waals surface area (Å²) < 4.78 is 11.0. The quantitative estimate of drug-likeness (QED) is 0.313. The highest BCUT2D eigenvalue weighted by Crippen LogP contribution is 2.34. The Labute approximate surface area is 175 Å². The summed E-state index contributed by atoms with van der Waals surface area (Å²) in [6, 6.07) is 19.8. The number of ether oxygens (including phenoxy) is 2. The lowest BCUT2D eigenvalue weighted by atomic mass is 10.0. The highest BCUT2D eigenvalue weighted by atomic mass is 16.5. The second kappa shape index (κ2) is 8.41. The first kappa shape index (κ1) is 19.7. The summed E-state index contributed by atoms with van der Waals surface area (Å²) in [5.41, 5.74) is 2.77. The molecule has 5 heteroatoms. The van der Waals surface area contributed by atoms with E-state index in [1.54, 1.807) is 13.1 Å². The zero-order valence-electron chi connectivity index (χ0n) is 17.3. The van der Waals surface area contributed by atoms with Gasteiger partial charge in [0.05, 0.1) is 23.9 Å². The van der Waals surface area contributed by atoms with E-state index in [0.717, 1.165) is 33.1 Å². The van der Waals surface area contributed by atoms with Crippen molar-refractivity contribution < 1.29 is 14.3 Å². The number of aromatic nitrogens is 1. The van der Waals surface area contributed by atoms with Gasteiger partial charge in [-0.15, -0.1) is 0 Å². The average Bonchev–Trinajstić information content (AvgIpc) is 2.75. The number of carbonyl (C=O) groups excluding carboxylic acids is 1. The molecule has 0 radical (unpaired) electrons. The highest BCUT2D eigenvalue weighted by molar-refractivity contribution is 6.13. The third-order valence-corrected chi connectivity index (χ3v) is 4.75. The predicted octanol–water partition coefficient (Wildman–Crippen LogP) is 6.10. The molecule has 0 aliphatic rings. The van der Waals surface area contributed by atoms with Gasteiger partial charge in [-0.2, -0.15) is 0 Å². The Hall–Kier alpha value is -3.60. The smallest absolute Gasteiger partial charge is 0.341 e. The summed E-state index contributed by atoms with van der Waals surface area (Å²) in [4.78, 5) is 17.2. The van der Waals surface area contributed by atoms with Gasteiger partial charge >= 0.3 is 5.97 Å². The number of rotatable bonds is 6. The molecule has 0 bridgehead atoms. The second-order valence-corrected chi connectivity index (χ2v) is 7.27. The van der Waals surface area contributed by atoms with Crippen molar-refractivity contribution in [3.8, 4) is 5.75 Å². The van der Waals surface area contributed by atoms with Gasteiger partial charge in [0.15, 0.2) is 0 Å². The minimum atomic E-state index is -0.401. The number of anilines is 2. The Bertz CT molecular complexity index is 1200. The van der Waals surface area contributed by atoms with Gasteiger partial charge in [-0.1, -0.05) is 36.4 Å². The molecule has 0 aliphatic carbocycles. The van der Waals surface area contributed by atoms with Crippen LogP contribution in [-0.2, 0) is 4.74 Å². The fourth-order valence-electron chi connectivity index (χ4n) is 3.47. The lowest BCUT2D eigenvalue weighted by molar-refractivity contribution is 0.0527. The molecule has 30 heavy (non-hydrogen) atoms. The standard InChI is InChI=1S/C25H24N2O3/c1-4-29-25(28)22-15-26-23-20-8-6-5-7-17(20)9-14-21(23)24(22)27-18-10-12-19(13-11-18)30-16(2)3/h5-16H,4H2,1-3H3,(H,26,27). The molecule has 0 fully saturated rings. The van der Waals surface area contributed by atoms with E-state index < -0.39 is 5.97 Å². The normalized spacial score (nSPS) is 11.1. The van der Waals surface area contributed by atoms with E-state index in [0.29, 0.717) is 17.9 Å². The van der Waals surface area contributed by atoms with Crippen molar-refractivity contribution in [2.75, 3.05) is 11.9 Å². The van der Waals surface area contributed by atoms with Gasteiger partial charge in [-0.3, -0.25) is 4.98 Å². The molecule has 1 aromatic heterocycles. The maximum absolute atomic E-state index is 12.6. The summed E-state index contributed by atoms with van der Waals surface area (Å²) >= 11 is 0. The Balaban J connectivity index is 1.83. The van der Waals surface area contributed by atoms with Crippen molar-refractivity contribution in [1.82, 2.24) is 4.98 Å². The van der Waals surface area contributed by atoms with Crippen molar-refractivity contribution in [2.45, 2.75) is 26.9 Å². The summed E-state index contributed by atoms with van der Waals surface area (Å²) in [5.74, 6) is 0.397. The average molecular weight is 400 g/mol. The lowest BCUT2D eigenvalue weighted by Gasteiger charge is -2.16. The van der Waals surface area contributed by atoms with E-state index in [9.17, 15) is 4.79 Å². The molecular weight excluding hydrogens is 376 g/mol. The zero-order valence-corrected chi connectivity index (χ0v) is 17.3. The summed E-state index contributed by atoms with van der Waals surface area (Å²) in [6.07, 6.45) is 1.70. The number of esters is 1.